The Hall–Kier alpha value is -2.40. The molecule has 1 unspecified atom stereocenters. The molecule has 0 heterocycles. The maximum absolute atomic E-state index is 12.0. The third kappa shape index (κ3) is 6.36. The highest BCUT2D eigenvalue weighted by atomic mass is 35.5. The van der Waals surface area contributed by atoms with Gasteiger partial charge >= 0.3 is 6.03 Å². The number of ether oxygens (including phenoxy) is 2. The van der Waals surface area contributed by atoms with Crippen LogP contribution < -0.4 is 20.1 Å². The molecular weight excluding hydrogens is 364 g/mol. The first-order chi connectivity index (χ1) is 13.0. The molecule has 0 fully saturated rings. The SMILES string of the molecule is CCOc1c(Cl)cc(CNC(=O)NCCC(C)c2ccccc2)cc1OC. The molecule has 0 aliphatic heterocycles. The lowest BCUT2D eigenvalue weighted by molar-refractivity contribution is 0.240. The molecule has 2 N–H and O–H groups in total. The van der Waals surface area contributed by atoms with Crippen LogP contribution in [0.2, 0.25) is 5.02 Å². The van der Waals surface area contributed by atoms with Gasteiger partial charge in [0.15, 0.2) is 11.5 Å². The van der Waals surface area contributed by atoms with E-state index in [0.717, 1.165) is 12.0 Å². The summed E-state index contributed by atoms with van der Waals surface area (Å²) in [5.41, 5.74) is 2.11. The van der Waals surface area contributed by atoms with Crippen LogP contribution in [0.4, 0.5) is 4.79 Å². The summed E-state index contributed by atoms with van der Waals surface area (Å²) in [6.07, 6.45) is 0.875. The molecule has 6 heteroatoms. The van der Waals surface area contributed by atoms with Gasteiger partial charge in [0.1, 0.15) is 0 Å². The van der Waals surface area contributed by atoms with Crippen molar-refractivity contribution in [2.24, 2.45) is 0 Å². The molecule has 0 aliphatic rings. The Morgan fingerprint density at radius 3 is 2.59 bits per heavy atom. The summed E-state index contributed by atoms with van der Waals surface area (Å²) < 4.78 is 10.8. The lowest BCUT2D eigenvalue weighted by atomic mass is 9.98. The quantitative estimate of drug-likeness (QED) is 0.650. The van der Waals surface area contributed by atoms with Gasteiger partial charge in [0, 0.05) is 13.1 Å². The van der Waals surface area contributed by atoms with E-state index in [0.29, 0.717) is 42.1 Å². The van der Waals surface area contributed by atoms with Gasteiger partial charge in [-0.25, -0.2) is 4.79 Å². The maximum atomic E-state index is 12.0. The lowest BCUT2D eigenvalue weighted by Gasteiger charge is -2.14. The molecule has 2 aromatic rings. The van der Waals surface area contributed by atoms with E-state index in [1.807, 2.05) is 31.2 Å². The normalized spacial score (nSPS) is 11.6. The minimum absolute atomic E-state index is 0.209. The number of urea groups is 1. The lowest BCUT2D eigenvalue weighted by Crippen LogP contribution is -2.35. The molecule has 0 bridgehead atoms. The van der Waals surface area contributed by atoms with Crippen LogP contribution in [0, 0.1) is 0 Å². The topological polar surface area (TPSA) is 59.6 Å². The van der Waals surface area contributed by atoms with Crippen LogP contribution in [0.15, 0.2) is 42.5 Å². The van der Waals surface area contributed by atoms with Crippen LogP contribution in [0.3, 0.4) is 0 Å². The smallest absolute Gasteiger partial charge is 0.315 e. The fraction of sp³-hybridized carbons (Fsp3) is 0.381. The largest absolute Gasteiger partial charge is 0.493 e. The molecule has 2 aromatic carbocycles. The van der Waals surface area contributed by atoms with E-state index >= 15 is 0 Å². The van der Waals surface area contributed by atoms with Gasteiger partial charge in [-0.15, -0.1) is 0 Å². The van der Waals surface area contributed by atoms with Crippen molar-refractivity contribution < 1.29 is 14.3 Å². The number of rotatable bonds is 9. The van der Waals surface area contributed by atoms with E-state index in [1.54, 1.807) is 13.2 Å². The highest BCUT2D eigenvalue weighted by molar-refractivity contribution is 6.32. The predicted molar refractivity (Wildman–Crippen MR) is 109 cm³/mol. The third-order valence-corrected chi connectivity index (χ3v) is 4.54. The van der Waals surface area contributed by atoms with Crippen molar-refractivity contribution in [1.29, 1.82) is 0 Å². The average molecular weight is 391 g/mol. The molecular formula is C21H27ClN2O3. The number of carbonyl (C=O) groups is 1. The number of amides is 2. The van der Waals surface area contributed by atoms with E-state index in [1.165, 1.54) is 5.56 Å². The monoisotopic (exact) mass is 390 g/mol. The number of benzene rings is 2. The highest BCUT2D eigenvalue weighted by Crippen LogP contribution is 2.36. The molecule has 0 aliphatic carbocycles. The van der Waals surface area contributed by atoms with E-state index in [4.69, 9.17) is 21.1 Å². The van der Waals surface area contributed by atoms with E-state index in [9.17, 15) is 4.79 Å². The maximum Gasteiger partial charge on any atom is 0.315 e. The van der Waals surface area contributed by atoms with Crippen molar-refractivity contribution in [3.63, 3.8) is 0 Å². The van der Waals surface area contributed by atoms with Crippen molar-refractivity contribution in [3.05, 3.63) is 58.6 Å². The molecule has 0 radical (unpaired) electrons. The number of carbonyl (C=O) groups excluding carboxylic acids is 1. The van der Waals surface area contributed by atoms with E-state index in [2.05, 4.69) is 29.7 Å². The zero-order valence-electron chi connectivity index (χ0n) is 16.0. The highest BCUT2D eigenvalue weighted by Gasteiger charge is 2.12. The van der Waals surface area contributed by atoms with Gasteiger partial charge in [-0.2, -0.15) is 0 Å². The first kappa shape index (κ1) is 20.9. The van der Waals surface area contributed by atoms with Crippen LogP contribution in [0.25, 0.3) is 0 Å². The van der Waals surface area contributed by atoms with Gasteiger partial charge < -0.3 is 20.1 Å². The number of hydrogen-bond acceptors (Lipinski definition) is 3. The summed E-state index contributed by atoms with van der Waals surface area (Å²) >= 11 is 6.25. The van der Waals surface area contributed by atoms with Crippen molar-refractivity contribution in [1.82, 2.24) is 10.6 Å². The van der Waals surface area contributed by atoms with Gasteiger partial charge in [-0.05, 0) is 42.5 Å². The van der Waals surface area contributed by atoms with Gasteiger partial charge in [0.2, 0.25) is 0 Å². The first-order valence-corrected chi connectivity index (χ1v) is 9.48. The summed E-state index contributed by atoms with van der Waals surface area (Å²) in [5.74, 6) is 1.46. The van der Waals surface area contributed by atoms with Crippen LogP contribution in [0.5, 0.6) is 11.5 Å². The Labute approximate surface area is 166 Å². The van der Waals surface area contributed by atoms with E-state index in [-0.39, 0.29) is 6.03 Å². The number of nitrogens with one attached hydrogen (secondary N) is 2. The Balaban J connectivity index is 1.80. The van der Waals surface area contributed by atoms with Crippen molar-refractivity contribution in [2.45, 2.75) is 32.7 Å². The molecule has 146 valence electrons. The Bertz CT molecular complexity index is 738. The second-order valence-corrected chi connectivity index (χ2v) is 6.66. The average Bonchev–Trinajstić information content (AvgIpc) is 2.68. The fourth-order valence-electron chi connectivity index (χ4n) is 2.75. The zero-order chi connectivity index (χ0) is 19.6. The zero-order valence-corrected chi connectivity index (χ0v) is 16.8. The summed E-state index contributed by atoms with van der Waals surface area (Å²) in [7, 11) is 1.56. The molecule has 2 rings (SSSR count). The summed E-state index contributed by atoms with van der Waals surface area (Å²) in [4.78, 5) is 12.0. The first-order valence-electron chi connectivity index (χ1n) is 9.11. The molecule has 1 atom stereocenters. The van der Waals surface area contributed by atoms with E-state index < -0.39 is 0 Å². The molecule has 2 amide bonds. The second-order valence-electron chi connectivity index (χ2n) is 6.25. The third-order valence-electron chi connectivity index (χ3n) is 4.26. The van der Waals surface area contributed by atoms with Gasteiger partial charge in [0.25, 0.3) is 0 Å². The van der Waals surface area contributed by atoms with Gasteiger partial charge in [-0.1, -0.05) is 48.9 Å². The molecule has 0 saturated heterocycles. The molecule has 0 saturated carbocycles. The summed E-state index contributed by atoms with van der Waals surface area (Å²) in [6.45, 7) is 5.49. The number of methoxy groups -OCH3 is 1. The summed E-state index contributed by atoms with van der Waals surface area (Å²) in [5, 5.41) is 6.19. The minimum atomic E-state index is -0.209. The summed E-state index contributed by atoms with van der Waals surface area (Å²) in [6, 6.07) is 13.6. The Morgan fingerprint density at radius 1 is 1.19 bits per heavy atom. The Kier molecular flexibility index (Phi) is 8.27. The molecule has 0 spiro atoms. The Morgan fingerprint density at radius 2 is 1.93 bits per heavy atom. The van der Waals surface area contributed by atoms with Crippen LogP contribution in [0.1, 0.15) is 37.3 Å². The molecule has 5 nitrogen and oxygen atoms in total. The number of halogens is 1. The van der Waals surface area contributed by atoms with Crippen LogP contribution in [-0.2, 0) is 6.54 Å². The van der Waals surface area contributed by atoms with Gasteiger partial charge in [-0.3, -0.25) is 0 Å². The molecule has 27 heavy (non-hydrogen) atoms. The van der Waals surface area contributed by atoms with Crippen LogP contribution >= 0.6 is 11.6 Å². The predicted octanol–water partition coefficient (Wildman–Crippen LogP) is 4.74. The standard InChI is InChI=1S/C21H27ClN2O3/c1-4-27-20-18(22)12-16(13-19(20)26-3)14-24-21(25)23-11-10-15(2)17-8-6-5-7-9-17/h5-9,12-13,15H,4,10-11,14H2,1-3H3,(H2,23,24,25). The van der Waals surface area contributed by atoms with Crippen molar-refractivity contribution in [3.8, 4) is 11.5 Å². The van der Waals surface area contributed by atoms with Gasteiger partial charge in [0.05, 0.1) is 18.7 Å². The second kappa shape index (κ2) is 10.7. The van der Waals surface area contributed by atoms with Crippen molar-refractivity contribution >= 4 is 17.6 Å². The fourth-order valence-corrected chi connectivity index (χ4v) is 3.04. The minimum Gasteiger partial charge on any atom is -0.493 e. The number of hydrogen-bond donors (Lipinski definition) is 2. The van der Waals surface area contributed by atoms with Crippen LogP contribution in [-0.4, -0.2) is 26.3 Å². The van der Waals surface area contributed by atoms with Crippen molar-refractivity contribution in [2.75, 3.05) is 20.3 Å². The molecule has 0 aromatic heterocycles.